The Morgan fingerprint density at radius 1 is 1.47 bits per heavy atom. The highest BCUT2D eigenvalue weighted by atomic mass is 32.2. The zero-order chi connectivity index (χ0) is 13.5. The Hall–Kier alpha value is -1.40. The number of hydrogen-bond donors (Lipinski definition) is 1. The number of sulfone groups is 1. The maximum Gasteiger partial charge on any atom is 0.177 e. The first kappa shape index (κ1) is 12.6. The summed E-state index contributed by atoms with van der Waals surface area (Å²) in [5.74, 6) is 0.790. The smallest absolute Gasteiger partial charge is 0.177 e. The predicted molar refractivity (Wildman–Crippen MR) is 71.9 cm³/mol. The number of imidazole rings is 1. The van der Waals surface area contributed by atoms with Crippen molar-refractivity contribution in [1.29, 1.82) is 0 Å². The molecule has 5 nitrogen and oxygen atoms in total. The lowest BCUT2D eigenvalue weighted by molar-refractivity contribution is 0.110. The van der Waals surface area contributed by atoms with Crippen LogP contribution in [0.4, 0.5) is 0 Å². The van der Waals surface area contributed by atoms with Gasteiger partial charge in [0.1, 0.15) is 11.3 Å². The zero-order valence-electron chi connectivity index (χ0n) is 10.7. The number of nitrogens with one attached hydrogen (secondary N) is 1. The standard InChI is InChI=1S/C13H16N2O3S/c1-19(16,17)11-6-2-5-10-13(11)15-12(14-10)8-9-4-3-7-18-9/h2,5-6,9H,3-4,7-8H2,1H3,(H,14,15). The van der Waals surface area contributed by atoms with Crippen molar-refractivity contribution in [3.05, 3.63) is 24.0 Å². The number of para-hydroxylation sites is 1. The number of H-pyrrole nitrogens is 1. The molecule has 1 N–H and O–H groups in total. The van der Waals surface area contributed by atoms with E-state index < -0.39 is 9.84 Å². The minimum absolute atomic E-state index is 0.197. The molecule has 0 saturated carbocycles. The molecule has 1 unspecified atom stereocenters. The summed E-state index contributed by atoms with van der Waals surface area (Å²) in [5, 5.41) is 0. The van der Waals surface area contributed by atoms with Crippen LogP contribution < -0.4 is 0 Å². The van der Waals surface area contributed by atoms with Crippen LogP contribution in [-0.4, -0.2) is 37.4 Å². The Labute approximate surface area is 111 Å². The molecule has 0 radical (unpaired) electrons. The van der Waals surface area contributed by atoms with Gasteiger partial charge < -0.3 is 9.72 Å². The van der Waals surface area contributed by atoms with Crippen LogP contribution in [0.15, 0.2) is 23.1 Å². The number of benzene rings is 1. The summed E-state index contributed by atoms with van der Waals surface area (Å²) in [5.41, 5.74) is 1.29. The molecule has 6 heteroatoms. The van der Waals surface area contributed by atoms with Crippen molar-refractivity contribution in [2.45, 2.75) is 30.3 Å². The van der Waals surface area contributed by atoms with Gasteiger partial charge in [0.2, 0.25) is 0 Å². The number of aromatic amines is 1. The molecule has 0 amide bonds. The second kappa shape index (κ2) is 4.61. The topological polar surface area (TPSA) is 72.0 Å². The maximum atomic E-state index is 11.7. The lowest BCUT2D eigenvalue weighted by atomic mass is 10.2. The molecule has 2 heterocycles. The number of ether oxygens (including phenoxy) is 1. The lowest BCUT2D eigenvalue weighted by Gasteiger charge is -2.05. The highest BCUT2D eigenvalue weighted by Gasteiger charge is 2.19. The molecule has 0 aliphatic carbocycles. The molecule has 1 saturated heterocycles. The Bertz CT molecular complexity index is 700. The summed E-state index contributed by atoms with van der Waals surface area (Å²) in [4.78, 5) is 7.88. The van der Waals surface area contributed by atoms with Gasteiger partial charge in [0.25, 0.3) is 0 Å². The third-order valence-corrected chi connectivity index (χ3v) is 4.50. The van der Waals surface area contributed by atoms with E-state index >= 15 is 0 Å². The van der Waals surface area contributed by atoms with Gasteiger partial charge in [0.05, 0.1) is 16.5 Å². The fraction of sp³-hybridized carbons (Fsp3) is 0.462. The molecule has 1 aromatic carbocycles. The van der Waals surface area contributed by atoms with E-state index in [4.69, 9.17) is 4.74 Å². The minimum atomic E-state index is -3.26. The summed E-state index contributed by atoms with van der Waals surface area (Å²) in [6.45, 7) is 0.805. The zero-order valence-corrected chi connectivity index (χ0v) is 11.5. The Kier molecular flexibility index (Phi) is 3.06. The molecule has 1 aliphatic rings. The van der Waals surface area contributed by atoms with E-state index in [1.807, 2.05) is 6.07 Å². The second-order valence-electron chi connectivity index (χ2n) is 4.95. The normalized spacial score (nSPS) is 20.2. The van der Waals surface area contributed by atoms with Crippen LogP contribution in [0, 0.1) is 0 Å². The minimum Gasteiger partial charge on any atom is -0.378 e. The van der Waals surface area contributed by atoms with E-state index in [2.05, 4.69) is 9.97 Å². The van der Waals surface area contributed by atoms with Crippen LogP contribution in [-0.2, 0) is 21.0 Å². The third-order valence-electron chi connectivity index (χ3n) is 3.37. The van der Waals surface area contributed by atoms with Crippen molar-refractivity contribution < 1.29 is 13.2 Å². The molecule has 102 valence electrons. The van der Waals surface area contributed by atoms with Crippen LogP contribution >= 0.6 is 0 Å². The second-order valence-corrected chi connectivity index (χ2v) is 6.93. The van der Waals surface area contributed by atoms with Crippen LogP contribution in [0.5, 0.6) is 0 Å². The van der Waals surface area contributed by atoms with E-state index in [0.717, 1.165) is 30.8 Å². The van der Waals surface area contributed by atoms with Crippen molar-refractivity contribution in [3.63, 3.8) is 0 Å². The highest BCUT2D eigenvalue weighted by molar-refractivity contribution is 7.91. The molecular formula is C13H16N2O3S. The summed E-state index contributed by atoms with van der Waals surface area (Å²) in [7, 11) is -3.26. The first-order valence-electron chi connectivity index (χ1n) is 6.33. The molecule has 3 rings (SSSR count). The van der Waals surface area contributed by atoms with Gasteiger partial charge in [-0.15, -0.1) is 0 Å². The summed E-state index contributed by atoms with van der Waals surface area (Å²) < 4.78 is 29.0. The molecule has 1 aliphatic heterocycles. The molecule has 19 heavy (non-hydrogen) atoms. The largest absolute Gasteiger partial charge is 0.378 e. The van der Waals surface area contributed by atoms with Crippen LogP contribution in [0.25, 0.3) is 11.0 Å². The van der Waals surface area contributed by atoms with E-state index in [1.165, 1.54) is 6.26 Å². The molecular weight excluding hydrogens is 264 g/mol. The van der Waals surface area contributed by atoms with Crippen LogP contribution in [0.3, 0.4) is 0 Å². The number of fused-ring (bicyclic) bond motifs is 1. The number of nitrogens with zero attached hydrogens (tertiary/aromatic N) is 1. The van der Waals surface area contributed by atoms with Gasteiger partial charge in [0, 0.05) is 19.3 Å². The number of aromatic nitrogens is 2. The van der Waals surface area contributed by atoms with Crippen molar-refractivity contribution in [1.82, 2.24) is 9.97 Å². The van der Waals surface area contributed by atoms with Crippen molar-refractivity contribution in [2.24, 2.45) is 0 Å². The van der Waals surface area contributed by atoms with Crippen molar-refractivity contribution in [3.8, 4) is 0 Å². The van der Waals surface area contributed by atoms with Gasteiger partial charge in [-0.05, 0) is 25.0 Å². The van der Waals surface area contributed by atoms with Gasteiger partial charge in [-0.1, -0.05) is 6.07 Å². The van der Waals surface area contributed by atoms with Crippen LogP contribution in [0.1, 0.15) is 18.7 Å². The van der Waals surface area contributed by atoms with Gasteiger partial charge >= 0.3 is 0 Å². The van der Waals surface area contributed by atoms with Gasteiger partial charge in [0.15, 0.2) is 9.84 Å². The molecule has 0 spiro atoms. The first-order valence-corrected chi connectivity index (χ1v) is 8.22. The fourth-order valence-corrected chi connectivity index (χ4v) is 3.31. The maximum absolute atomic E-state index is 11.7. The van der Waals surface area contributed by atoms with Gasteiger partial charge in [-0.2, -0.15) is 0 Å². The molecule has 0 bridgehead atoms. The summed E-state index contributed by atoms with van der Waals surface area (Å²) in [6.07, 6.45) is 4.23. The SMILES string of the molecule is CS(=O)(=O)c1cccc2[nH]c(CC3CCCO3)nc12. The quantitative estimate of drug-likeness (QED) is 0.928. The number of rotatable bonds is 3. The average molecular weight is 280 g/mol. The van der Waals surface area contributed by atoms with Gasteiger partial charge in [-0.25, -0.2) is 13.4 Å². The lowest BCUT2D eigenvalue weighted by Crippen LogP contribution is -2.09. The van der Waals surface area contributed by atoms with Crippen molar-refractivity contribution >= 4 is 20.9 Å². The van der Waals surface area contributed by atoms with E-state index in [-0.39, 0.29) is 11.0 Å². The summed E-state index contributed by atoms with van der Waals surface area (Å²) >= 11 is 0. The third kappa shape index (κ3) is 2.50. The van der Waals surface area contributed by atoms with Gasteiger partial charge in [-0.3, -0.25) is 0 Å². The van der Waals surface area contributed by atoms with E-state index in [0.29, 0.717) is 11.9 Å². The molecule has 1 fully saturated rings. The average Bonchev–Trinajstić information content (AvgIpc) is 2.95. The van der Waals surface area contributed by atoms with Crippen molar-refractivity contribution in [2.75, 3.05) is 12.9 Å². The molecule has 2 aromatic rings. The fourth-order valence-electron chi connectivity index (χ4n) is 2.47. The van der Waals surface area contributed by atoms with E-state index in [1.54, 1.807) is 12.1 Å². The Morgan fingerprint density at radius 3 is 3.00 bits per heavy atom. The predicted octanol–water partition coefficient (Wildman–Crippen LogP) is 1.69. The van der Waals surface area contributed by atoms with E-state index in [9.17, 15) is 8.42 Å². The monoisotopic (exact) mass is 280 g/mol. The summed E-state index contributed by atoms with van der Waals surface area (Å²) in [6, 6.07) is 5.16. The molecule has 1 aromatic heterocycles. The molecule has 1 atom stereocenters. The highest BCUT2D eigenvalue weighted by Crippen LogP contribution is 2.23. The van der Waals surface area contributed by atoms with Crippen LogP contribution in [0.2, 0.25) is 0 Å². The Morgan fingerprint density at radius 2 is 2.32 bits per heavy atom. The first-order chi connectivity index (χ1) is 9.04. The Balaban J connectivity index is 2.00. The number of hydrogen-bond acceptors (Lipinski definition) is 4.